The number of halogens is 2. The zero-order valence-corrected chi connectivity index (χ0v) is 16.4. The Hall–Kier alpha value is -0.590. The normalized spacial score (nSPS) is 30.2. The topological polar surface area (TPSA) is 29.3 Å². The van der Waals surface area contributed by atoms with Gasteiger partial charge in [0.05, 0.1) is 5.69 Å². The van der Waals surface area contributed by atoms with E-state index in [2.05, 4.69) is 70.0 Å². The zero-order valence-electron chi connectivity index (χ0n) is 13.4. The van der Waals surface area contributed by atoms with Crippen LogP contribution in [0.25, 0.3) is 0 Å². The van der Waals surface area contributed by atoms with E-state index in [1.54, 1.807) is 0 Å². The van der Waals surface area contributed by atoms with Gasteiger partial charge in [0.2, 0.25) is 0 Å². The molecule has 2 saturated heterocycles. The average Bonchev–Trinajstić information content (AvgIpc) is 3.02. The molecule has 0 spiro atoms. The molecular weight excluding hydrogens is 423 g/mol. The number of fused-ring (bicyclic) bond motifs is 2. The maximum absolute atomic E-state index is 5.70. The number of aromatic nitrogens is 1. The van der Waals surface area contributed by atoms with Gasteiger partial charge in [-0.25, -0.2) is 0 Å². The van der Waals surface area contributed by atoms with Crippen LogP contribution in [-0.2, 0) is 0 Å². The Morgan fingerprint density at radius 2 is 1.96 bits per heavy atom. The summed E-state index contributed by atoms with van der Waals surface area (Å²) in [5.41, 5.74) is 2.43. The third-order valence-electron chi connectivity index (χ3n) is 5.54. The summed E-state index contributed by atoms with van der Waals surface area (Å²) in [4.78, 5) is 2.58. The smallest absolute Gasteiger partial charge is 0.142 e. The first kappa shape index (κ1) is 17.2. The number of nitrogens with zero attached hydrogens (tertiary/aromatic N) is 2. The van der Waals surface area contributed by atoms with Crippen molar-refractivity contribution in [2.45, 2.75) is 50.1 Å². The van der Waals surface area contributed by atoms with E-state index in [1.165, 1.54) is 28.4 Å². The van der Waals surface area contributed by atoms with E-state index in [0.29, 0.717) is 17.9 Å². The summed E-state index contributed by atoms with van der Waals surface area (Å²) < 4.78 is 7.00. The van der Waals surface area contributed by atoms with Crippen LogP contribution in [0.1, 0.15) is 48.1 Å². The van der Waals surface area contributed by atoms with Gasteiger partial charge in [-0.2, -0.15) is 0 Å². The van der Waals surface area contributed by atoms with Crippen LogP contribution in [0.4, 0.5) is 0 Å². The van der Waals surface area contributed by atoms with Gasteiger partial charge in [0.1, 0.15) is 5.76 Å². The van der Waals surface area contributed by atoms with Crippen LogP contribution < -0.4 is 0 Å². The Balaban J connectivity index is 0.00000156. The lowest BCUT2D eigenvalue weighted by molar-refractivity contribution is 0.122. The summed E-state index contributed by atoms with van der Waals surface area (Å²) in [6.07, 6.45) is 3.80. The summed E-state index contributed by atoms with van der Waals surface area (Å²) in [6.45, 7) is 2.01. The average molecular weight is 445 g/mol. The van der Waals surface area contributed by atoms with E-state index < -0.39 is 0 Å². The van der Waals surface area contributed by atoms with Crippen molar-refractivity contribution in [1.82, 2.24) is 10.1 Å². The molecule has 5 heteroatoms. The molecule has 2 aliphatic rings. The van der Waals surface area contributed by atoms with Gasteiger partial charge < -0.3 is 4.52 Å². The monoisotopic (exact) mass is 444 g/mol. The third-order valence-corrected chi connectivity index (χ3v) is 6.26. The van der Waals surface area contributed by atoms with Crippen molar-refractivity contribution in [3.63, 3.8) is 0 Å². The number of benzene rings is 1. The highest BCUT2D eigenvalue weighted by Crippen LogP contribution is 2.50. The Bertz CT molecular complexity index is 672. The molecule has 3 nitrogen and oxygen atoms in total. The predicted octanol–water partition coefficient (Wildman–Crippen LogP) is 4.74. The number of likely N-dealkylation sites (N-methyl/N-ethyl adjacent to an activating group) is 1. The first-order valence-electron chi connectivity index (χ1n) is 8.04. The molecule has 4 atom stereocenters. The molecule has 0 N–H and O–H groups in total. The van der Waals surface area contributed by atoms with E-state index in [1.807, 2.05) is 6.92 Å². The summed E-state index contributed by atoms with van der Waals surface area (Å²) >= 11 is 2.37. The summed E-state index contributed by atoms with van der Waals surface area (Å²) in [5.74, 6) is 2.03. The van der Waals surface area contributed by atoms with Crippen molar-refractivity contribution in [2.75, 3.05) is 7.05 Å². The summed E-state index contributed by atoms with van der Waals surface area (Å²) in [5, 5.41) is 4.15. The van der Waals surface area contributed by atoms with Crippen molar-refractivity contribution in [3.8, 4) is 0 Å². The van der Waals surface area contributed by atoms with Gasteiger partial charge in [-0.1, -0.05) is 17.3 Å². The quantitative estimate of drug-likeness (QED) is 0.626. The van der Waals surface area contributed by atoms with Gasteiger partial charge in [-0.3, -0.25) is 4.90 Å². The first-order valence-corrected chi connectivity index (χ1v) is 9.12. The van der Waals surface area contributed by atoms with Gasteiger partial charge in [-0.15, -0.1) is 12.4 Å². The molecule has 124 valence electrons. The highest BCUT2D eigenvalue weighted by Gasteiger charge is 2.47. The fourth-order valence-electron chi connectivity index (χ4n) is 4.45. The molecule has 1 aromatic carbocycles. The van der Waals surface area contributed by atoms with E-state index in [0.717, 1.165) is 17.5 Å². The van der Waals surface area contributed by atoms with Gasteiger partial charge in [0, 0.05) is 27.6 Å². The molecule has 2 aromatic rings. The third kappa shape index (κ3) is 3.05. The molecule has 0 radical (unpaired) electrons. The van der Waals surface area contributed by atoms with Gasteiger partial charge in [-0.05, 0) is 79.4 Å². The molecule has 2 bridgehead atoms. The van der Waals surface area contributed by atoms with E-state index in [-0.39, 0.29) is 12.4 Å². The minimum absolute atomic E-state index is 0. The molecule has 0 aliphatic carbocycles. The second kappa shape index (κ2) is 6.73. The van der Waals surface area contributed by atoms with Gasteiger partial charge in [0.15, 0.2) is 0 Å². The molecular formula is C18H22ClIN2O. The van der Waals surface area contributed by atoms with Crippen LogP contribution in [0, 0.1) is 10.5 Å². The Kier molecular flexibility index (Phi) is 5.04. The molecule has 4 rings (SSSR count). The van der Waals surface area contributed by atoms with Crippen LogP contribution in [0.3, 0.4) is 0 Å². The van der Waals surface area contributed by atoms with Crippen LogP contribution in [-0.4, -0.2) is 29.2 Å². The van der Waals surface area contributed by atoms with E-state index in [9.17, 15) is 0 Å². The highest BCUT2D eigenvalue weighted by molar-refractivity contribution is 14.1. The molecule has 2 fully saturated rings. The standard InChI is InChI=1S/C18H21IN2O.ClH/c1-11-9-17(22-20-11)18-15(12-3-5-13(19)6-4-12)10-14-7-8-16(18)21(14)2;/h3-6,9,14-16,18H,7-8,10H2,1-2H3;1H/t14-,15+,16+,18-;/m0./s1. The van der Waals surface area contributed by atoms with Crippen molar-refractivity contribution in [1.29, 1.82) is 0 Å². The number of hydrogen-bond donors (Lipinski definition) is 0. The number of hydrogen-bond acceptors (Lipinski definition) is 3. The summed E-state index contributed by atoms with van der Waals surface area (Å²) in [6, 6.07) is 12.5. The molecule has 3 heterocycles. The number of aryl methyl sites for hydroxylation is 1. The molecule has 0 saturated carbocycles. The minimum Gasteiger partial charge on any atom is -0.361 e. The lowest BCUT2D eigenvalue weighted by Crippen LogP contribution is -2.44. The lowest BCUT2D eigenvalue weighted by Gasteiger charge is -2.42. The number of rotatable bonds is 2. The molecule has 0 unspecified atom stereocenters. The second-order valence-electron chi connectivity index (χ2n) is 6.75. The van der Waals surface area contributed by atoms with Crippen molar-refractivity contribution in [3.05, 3.63) is 50.9 Å². The molecule has 23 heavy (non-hydrogen) atoms. The Morgan fingerprint density at radius 3 is 2.61 bits per heavy atom. The minimum atomic E-state index is 0. The Labute approximate surface area is 157 Å². The van der Waals surface area contributed by atoms with Crippen LogP contribution in [0.15, 0.2) is 34.9 Å². The molecule has 2 aliphatic heterocycles. The summed E-state index contributed by atoms with van der Waals surface area (Å²) in [7, 11) is 2.28. The lowest BCUT2D eigenvalue weighted by atomic mass is 9.75. The Morgan fingerprint density at radius 1 is 1.22 bits per heavy atom. The fourth-order valence-corrected chi connectivity index (χ4v) is 4.81. The fraction of sp³-hybridized carbons (Fsp3) is 0.500. The second-order valence-corrected chi connectivity index (χ2v) is 8.00. The highest BCUT2D eigenvalue weighted by atomic mass is 127. The first-order chi connectivity index (χ1) is 10.6. The zero-order chi connectivity index (χ0) is 15.3. The van der Waals surface area contributed by atoms with Crippen molar-refractivity contribution in [2.24, 2.45) is 0 Å². The van der Waals surface area contributed by atoms with Crippen molar-refractivity contribution >= 4 is 35.0 Å². The maximum Gasteiger partial charge on any atom is 0.142 e. The molecule has 1 aromatic heterocycles. The van der Waals surface area contributed by atoms with E-state index in [4.69, 9.17) is 4.52 Å². The van der Waals surface area contributed by atoms with Crippen LogP contribution >= 0.6 is 35.0 Å². The number of piperidine rings is 1. The van der Waals surface area contributed by atoms with Crippen molar-refractivity contribution < 1.29 is 4.52 Å². The van der Waals surface area contributed by atoms with Crippen LogP contribution in [0.5, 0.6) is 0 Å². The largest absolute Gasteiger partial charge is 0.361 e. The predicted molar refractivity (Wildman–Crippen MR) is 102 cm³/mol. The molecule has 0 amide bonds. The van der Waals surface area contributed by atoms with Crippen LogP contribution in [0.2, 0.25) is 0 Å². The van der Waals surface area contributed by atoms with E-state index >= 15 is 0 Å². The van der Waals surface area contributed by atoms with Gasteiger partial charge >= 0.3 is 0 Å². The SMILES string of the molecule is Cc1cc([C@H]2[C@@H](c3ccc(I)cc3)C[C@@H]3CC[C@H]2N3C)on1.Cl. The maximum atomic E-state index is 5.70. The van der Waals surface area contributed by atoms with Gasteiger partial charge in [0.25, 0.3) is 0 Å².